The highest BCUT2D eigenvalue weighted by Crippen LogP contribution is 2.28. The van der Waals surface area contributed by atoms with E-state index in [4.69, 9.17) is 0 Å². The lowest BCUT2D eigenvalue weighted by molar-refractivity contribution is -0.137. The zero-order chi connectivity index (χ0) is 19.3. The Morgan fingerprint density at radius 2 is 1.82 bits per heavy atom. The lowest BCUT2D eigenvalue weighted by Gasteiger charge is -2.33. The van der Waals surface area contributed by atoms with Gasteiger partial charge in [0.2, 0.25) is 11.8 Å². The van der Waals surface area contributed by atoms with E-state index in [1.165, 1.54) is 11.1 Å². The third-order valence-electron chi connectivity index (χ3n) is 5.69. The van der Waals surface area contributed by atoms with Crippen molar-refractivity contribution in [2.45, 2.75) is 31.7 Å². The molecular weight excluding hydrogens is 350 g/mol. The van der Waals surface area contributed by atoms with Gasteiger partial charge in [-0.3, -0.25) is 9.59 Å². The largest absolute Gasteiger partial charge is 0.340 e. The van der Waals surface area contributed by atoms with Crippen LogP contribution in [0.15, 0.2) is 54.6 Å². The summed E-state index contributed by atoms with van der Waals surface area (Å²) in [4.78, 5) is 29.4. The summed E-state index contributed by atoms with van der Waals surface area (Å²) in [6, 6.07) is 18.0. The van der Waals surface area contributed by atoms with Crippen LogP contribution in [0.3, 0.4) is 0 Å². The minimum atomic E-state index is -0.411. The van der Waals surface area contributed by atoms with Gasteiger partial charge < -0.3 is 15.1 Å². The summed E-state index contributed by atoms with van der Waals surface area (Å²) in [5.74, 6) is 0.0853. The Morgan fingerprint density at radius 3 is 2.68 bits per heavy atom. The zero-order valence-electron chi connectivity index (χ0n) is 16.1. The predicted molar refractivity (Wildman–Crippen MR) is 110 cm³/mol. The van der Waals surface area contributed by atoms with E-state index in [9.17, 15) is 9.59 Å². The van der Waals surface area contributed by atoms with Gasteiger partial charge in [0.25, 0.3) is 0 Å². The van der Waals surface area contributed by atoms with Gasteiger partial charge in [-0.25, -0.2) is 0 Å². The second kappa shape index (κ2) is 8.57. The Bertz CT molecular complexity index is 837. The lowest BCUT2D eigenvalue weighted by atomic mass is 10.1. The molecule has 1 N–H and O–H groups in total. The molecule has 2 amide bonds. The van der Waals surface area contributed by atoms with Crippen molar-refractivity contribution >= 4 is 17.5 Å². The first-order valence-electron chi connectivity index (χ1n) is 10.2. The molecule has 0 aromatic heterocycles. The van der Waals surface area contributed by atoms with Crippen LogP contribution in [0, 0.1) is 0 Å². The number of aryl methyl sites for hydroxylation is 1. The Hall–Kier alpha value is -2.66. The van der Waals surface area contributed by atoms with Crippen molar-refractivity contribution in [1.82, 2.24) is 10.2 Å². The first-order chi connectivity index (χ1) is 13.7. The van der Waals surface area contributed by atoms with Gasteiger partial charge in [0.15, 0.2) is 0 Å². The summed E-state index contributed by atoms with van der Waals surface area (Å²) in [7, 11) is 0. The molecule has 146 valence electrons. The van der Waals surface area contributed by atoms with E-state index in [2.05, 4.69) is 23.5 Å². The van der Waals surface area contributed by atoms with E-state index in [0.717, 1.165) is 38.0 Å². The van der Waals surface area contributed by atoms with Crippen LogP contribution in [-0.4, -0.2) is 48.9 Å². The maximum atomic E-state index is 12.9. The molecular formula is C23H27N3O2. The molecule has 1 saturated heterocycles. The van der Waals surface area contributed by atoms with Crippen LogP contribution < -0.4 is 10.2 Å². The molecule has 0 spiro atoms. The average molecular weight is 377 g/mol. The van der Waals surface area contributed by atoms with Crippen LogP contribution in [-0.2, 0) is 22.4 Å². The van der Waals surface area contributed by atoms with Gasteiger partial charge in [0.05, 0.1) is 12.5 Å². The number of hydrogen-bond donors (Lipinski definition) is 1. The highest BCUT2D eigenvalue weighted by Gasteiger charge is 2.33. The van der Waals surface area contributed by atoms with E-state index in [-0.39, 0.29) is 18.2 Å². The second-order valence-electron chi connectivity index (χ2n) is 7.55. The molecule has 1 atom stereocenters. The number of amides is 2. The third-order valence-corrected chi connectivity index (χ3v) is 5.69. The Morgan fingerprint density at radius 1 is 1.04 bits per heavy atom. The molecule has 0 saturated carbocycles. The Balaban J connectivity index is 1.31. The SMILES string of the molecule is O=C1C(CC(=O)N2CCc3ccccc32)NCCN1CCCc1ccccc1. The van der Waals surface area contributed by atoms with Crippen molar-refractivity contribution in [2.24, 2.45) is 0 Å². The fraction of sp³-hybridized carbons (Fsp3) is 0.391. The maximum Gasteiger partial charge on any atom is 0.240 e. The quantitative estimate of drug-likeness (QED) is 0.841. The molecule has 2 aromatic carbocycles. The minimum absolute atomic E-state index is 0.0296. The summed E-state index contributed by atoms with van der Waals surface area (Å²) in [5, 5.41) is 3.25. The van der Waals surface area contributed by atoms with Crippen molar-refractivity contribution in [3.63, 3.8) is 0 Å². The van der Waals surface area contributed by atoms with Gasteiger partial charge in [-0.05, 0) is 36.5 Å². The molecule has 5 heteroatoms. The Kier molecular flexibility index (Phi) is 5.72. The molecule has 28 heavy (non-hydrogen) atoms. The summed E-state index contributed by atoms with van der Waals surface area (Å²) in [5.41, 5.74) is 3.50. The standard InChI is InChI=1S/C23H27N3O2/c27-22(26-15-12-19-10-4-5-11-21(19)26)17-20-23(28)25(16-13-24-20)14-6-9-18-7-2-1-3-8-18/h1-5,7-8,10-11,20,24H,6,9,12-17H2. The predicted octanol–water partition coefficient (Wildman–Crippen LogP) is 2.40. The molecule has 1 fully saturated rings. The van der Waals surface area contributed by atoms with Crippen LogP contribution in [0.1, 0.15) is 24.0 Å². The van der Waals surface area contributed by atoms with Crippen LogP contribution in [0.4, 0.5) is 5.69 Å². The molecule has 0 radical (unpaired) electrons. The van der Waals surface area contributed by atoms with Gasteiger partial charge in [-0.15, -0.1) is 0 Å². The summed E-state index contributed by atoms with van der Waals surface area (Å²) in [6.45, 7) is 2.91. The highest BCUT2D eigenvalue weighted by molar-refractivity contribution is 5.98. The first-order valence-corrected chi connectivity index (χ1v) is 10.2. The Labute approximate surface area is 166 Å². The van der Waals surface area contributed by atoms with E-state index >= 15 is 0 Å². The van der Waals surface area contributed by atoms with Gasteiger partial charge in [0.1, 0.15) is 0 Å². The molecule has 1 unspecified atom stereocenters. The number of anilines is 1. The summed E-state index contributed by atoms with van der Waals surface area (Å²) < 4.78 is 0. The molecule has 0 bridgehead atoms. The number of hydrogen-bond acceptors (Lipinski definition) is 3. The van der Waals surface area contributed by atoms with Gasteiger partial charge in [-0.1, -0.05) is 48.5 Å². The normalized spacial score (nSPS) is 19.0. The molecule has 0 aliphatic carbocycles. The molecule has 2 aromatic rings. The van der Waals surface area contributed by atoms with Crippen LogP contribution in [0.2, 0.25) is 0 Å². The van der Waals surface area contributed by atoms with Gasteiger partial charge >= 0.3 is 0 Å². The van der Waals surface area contributed by atoms with Crippen molar-refractivity contribution < 1.29 is 9.59 Å². The number of piperazine rings is 1. The number of carbonyl (C=O) groups excluding carboxylic acids is 2. The molecule has 2 aliphatic rings. The van der Waals surface area contributed by atoms with E-state index in [1.54, 1.807) is 0 Å². The average Bonchev–Trinajstić information content (AvgIpc) is 3.16. The monoisotopic (exact) mass is 377 g/mol. The fourth-order valence-electron chi connectivity index (χ4n) is 4.17. The zero-order valence-corrected chi connectivity index (χ0v) is 16.1. The maximum absolute atomic E-state index is 12.9. The molecule has 2 aliphatic heterocycles. The number of rotatable bonds is 6. The third kappa shape index (κ3) is 4.09. The lowest BCUT2D eigenvalue weighted by Crippen LogP contribution is -2.56. The van der Waals surface area contributed by atoms with Crippen molar-refractivity contribution in [1.29, 1.82) is 0 Å². The van der Waals surface area contributed by atoms with Crippen molar-refractivity contribution in [3.8, 4) is 0 Å². The topological polar surface area (TPSA) is 52.7 Å². The van der Waals surface area contributed by atoms with E-state index < -0.39 is 6.04 Å². The smallest absolute Gasteiger partial charge is 0.240 e. The highest BCUT2D eigenvalue weighted by atomic mass is 16.2. The minimum Gasteiger partial charge on any atom is -0.340 e. The van der Waals surface area contributed by atoms with E-state index in [1.807, 2.05) is 46.2 Å². The van der Waals surface area contributed by atoms with Crippen molar-refractivity contribution in [3.05, 3.63) is 65.7 Å². The molecule has 2 heterocycles. The second-order valence-corrected chi connectivity index (χ2v) is 7.55. The molecule has 4 rings (SSSR count). The van der Waals surface area contributed by atoms with Crippen LogP contribution in [0.5, 0.6) is 0 Å². The summed E-state index contributed by atoms with van der Waals surface area (Å²) in [6.07, 6.45) is 3.02. The van der Waals surface area contributed by atoms with Gasteiger partial charge in [0, 0.05) is 31.9 Å². The number of nitrogens with one attached hydrogen (secondary N) is 1. The van der Waals surface area contributed by atoms with E-state index in [0.29, 0.717) is 13.1 Å². The number of nitrogens with zero attached hydrogens (tertiary/aromatic N) is 2. The number of carbonyl (C=O) groups is 2. The first kappa shape index (κ1) is 18.7. The fourth-order valence-corrected chi connectivity index (χ4v) is 4.17. The summed E-state index contributed by atoms with van der Waals surface area (Å²) >= 11 is 0. The van der Waals surface area contributed by atoms with Crippen LogP contribution in [0.25, 0.3) is 0 Å². The van der Waals surface area contributed by atoms with Crippen molar-refractivity contribution in [2.75, 3.05) is 31.1 Å². The van der Waals surface area contributed by atoms with Crippen LogP contribution >= 0.6 is 0 Å². The molecule has 5 nitrogen and oxygen atoms in total. The number of para-hydroxylation sites is 1. The number of benzene rings is 2. The van der Waals surface area contributed by atoms with Gasteiger partial charge in [-0.2, -0.15) is 0 Å². The number of fused-ring (bicyclic) bond motifs is 1.